The van der Waals surface area contributed by atoms with Gasteiger partial charge in [-0.15, -0.1) is 0 Å². The third-order valence-corrected chi connectivity index (χ3v) is 3.87. The lowest BCUT2D eigenvalue weighted by Gasteiger charge is -2.05. The lowest BCUT2D eigenvalue weighted by atomic mass is 10.1. The number of hydrogen-bond acceptors (Lipinski definition) is 2. The molecule has 0 heterocycles. The zero-order valence-electron chi connectivity index (χ0n) is 9.34. The lowest BCUT2D eigenvalue weighted by molar-refractivity contribution is 0.588. The normalized spacial score (nSPS) is 11.4. The molecule has 1 radical (unpaired) electrons. The Labute approximate surface area is 101 Å². The molecule has 87 valence electrons. The van der Waals surface area contributed by atoms with Crippen molar-refractivity contribution in [2.45, 2.75) is 4.90 Å². The molecule has 0 fully saturated rings. The van der Waals surface area contributed by atoms with E-state index in [4.69, 9.17) is 0 Å². The van der Waals surface area contributed by atoms with E-state index in [0.717, 1.165) is 11.1 Å². The molecule has 0 aromatic heterocycles. The second kappa shape index (κ2) is 4.69. The standard InChI is InChI=1S/C13H12NO2S/c1-14-17(15,16)13-9-5-8-12(10-13)11-6-3-2-4-7-11/h2-3,5-10,14H,1H3. The van der Waals surface area contributed by atoms with Crippen LogP contribution >= 0.6 is 0 Å². The molecule has 0 saturated carbocycles. The van der Waals surface area contributed by atoms with Crippen LogP contribution in [0.2, 0.25) is 0 Å². The van der Waals surface area contributed by atoms with Gasteiger partial charge in [-0.3, -0.25) is 0 Å². The van der Waals surface area contributed by atoms with Gasteiger partial charge in [0, 0.05) is 0 Å². The van der Waals surface area contributed by atoms with Crippen molar-refractivity contribution in [2.75, 3.05) is 7.05 Å². The fourth-order valence-electron chi connectivity index (χ4n) is 1.53. The van der Waals surface area contributed by atoms with Crippen LogP contribution in [0, 0.1) is 6.07 Å². The van der Waals surface area contributed by atoms with Crippen LogP contribution in [0.25, 0.3) is 11.1 Å². The topological polar surface area (TPSA) is 46.2 Å². The average molecular weight is 246 g/mol. The zero-order valence-corrected chi connectivity index (χ0v) is 10.2. The number of nitrogens with one attached hydrogen (secondary N) is 1. The highest BCUT2D eigenvalue weighted by Crippen LogP contribution is 2.21. The fourth-order valence-corrected chi connectivity index (χ4v) is 2.31. The maximum atomic E-state index is 11.7. The third kappa shape index (κ3) is 2.54. The van der Waals surface area contributed by atoms with E-state index in [1.54, 1.807) is 24.3 Å². The molecule has 0 atom stereocenters. The van der Waals surface area contributed by atoms with Crippen LogP contribution < -0.4 is 4.72 Å². The molecule has 17 heavy (non-hydrogen) atoms. The van der Waals surface area contributed by atoms with Crippen LogP contribution in [0.15, 0.2) is 53.4 Å². The van der Waals surface area contributed by atoms with Crippen molar-refractivity contribution < 1.29 is 8.42 Å². The first kappa shape index (κ1) is 11.8. The van der Waals surface area contributed by atoms with Gasteiger partial charge in [0.2, 0.25) is 10.0 Å². The summed E-state index contributed by atoms with van der Waals surface area (Å²) in [5.41, 5.74) is 1.80. The van der Waals surface area contributed by atoms with E-state index < -0.39 is 10.0 Å². The molecular weight excluding hydrogens is 234 g/mol. The van der Waals surface area contributed by atoms with E-state index in [2.05, 4.69) is 10.8 Å². The van der Waals surface area contributed by atoms with Gasteiger partial charge in [0.05, 0.1) is 4.90 Å². The molecule has 0 aliphatic rings. The van der Waals surface area contributed by atoms with Gasteiger partial charge in [-0.2, -0.15) is 0 Å². The number of hydrogen-bond donors (Lipinski definition) is 1. The van der Waals surface area contributed by atoms with Crippen LogP contribution in [0.1, 0.15) is 0 Å². The summed E-state index contributed by atoms with van der Waals surface area (Å²) in [7, 11) is -1.99. The van der Waals surface area contributed by atoms with Crippen molar-refractivity contribution in [3.8, 4) is 11.1 Å². The Morgan fingerprint density at radius 2 is 1.88 bits per heavy atom. The van der Waals surface area contributed by atoms with Crippen molar-refractivity contribution >= 4 is 10.0 Å². The smallest absolute Gasteiger partial charge is 0.214 e. The summed E-state index contributed by atoms with van der Waals surface area (Å²) in [5, 5.41) is 0. The molecule has 0 aliphatic heterocycles. The third-order valence-electron chi connectivity index (χ3n) is 2.45. The van der Waals surface area contributed by atoms with E-state index in [1.807, 2.05) is 24.3 Å². The molecule has 0 amide bonds. The summed E-state index contributed by atoms with van der Waals surface area (Å²) >= 11 is 0. The number of rotatable bonds is 3. The molecule has 0 bridgehead atoms. The second-order valence-corrected chi connectivity index (χ2v) is 5.41. The Bertz CT molecular complexity index is 606. The maximum absolute atomic E-state index is 11.7. The molecule has 0 unspecified atom stereocenters. The van der Waals surface area contributed by atoms with Crippen molar-refractivity contribution in [1.82, 2.24) is 4.72 Å². The molecule has 0 saturated heterocycles. The Morgan fingerprint density at radius 3 is 2.53 bits per heavy atom. The van der Waals surface area contributed by atoms with Crippen LogP contribution in [0.3, 0.4) is 0 Å². The highest BCUT2D eigenvalue weighted by Gasteiger charge is 2.11. The molecule has 1 N–H and O–H groups in total. The maximum Gasteiger partial charge on any atom is 0.240 e. The van der Waals surface area contributed by atoms with Gasteiger partial charge in [0.15, 0.2) is 0 Å². The van der Waals surface area contributed by atoms with Crippen LogP contribution in [-0.4, -0.2) is 15.5 Å². The SMILES string of the molecule is CNS(=O)(=O)c1cccc(-c2c[c]ccc2)c1. The lowest BCUT2D eigenvalue weighted by Crippen LogP contribution is -2.18. The molecule has 2 aromatic carbocycles. The van der Waals surface area contributed by atoms with Crippen molar-refractivity contribution in [3.05, 3.63) is 54.6 Å². The summed E-state index contributed by atoms with van der Waals surface area (Å²) in [4.78, 5) is 0.265. The predicted octanol–water partition coefficient (Wildman–Crippen LogP) is 2.06. The summed E-state index contributed by atoms with van der Waals surface area (Å²) in [6, 6.07) is 17.2. The highest BCUT2D eigenvalue weighted by molar-refractivity contribution is 7.89. The van der Waals surface area contributed by atoms with Crippen molar-refractivity contribution in [3.63, 3.8) is 0 Å². The summed E-state index contributed by atoms with van der Waals surface area (Å²) in [6.45, 7) is 0. The molecular formula is C13H12NO2S. The molecule has 2 aromatic rings. The monoisotopic (exact) mass is 246 g/mol. The minimum absolute atomic E-state index is 0.265. The zero-order chi connectivity index (χ0) is 12.3. The quantitative estimate of drug-likeness (QED) is 0.901. The molecule has 2 rings (SSSR count). The molecule has 0 aliphatic carbocycles. The first-order valence-electron chi connectivity index (χ1n) is 5.13. The van der Waals surface area contributed by atoms with E-state index in [0.29, 0.717) is 0 Å². The second-order valence-electron chi connectivity index (χ2n) is 3.53. The first-order valence-corrected chi connectivity index (χ1v) is 6.62. The van der Waals surface area contributed by atoms with Gasteiger partial charge < -0.3 is 0 Å². The van der Waals surface area contributed by atoms with Crippen LogP contribution in [-0.2, 0) is 10.0 Å². The predicted molar refractivity (Wildman–Crippen MR) is 67.0 cm³/mol. The van der Waals surface area contributed by atoms with Gasteiger partial charge in [0.25, 0.3) is 0 Å². The Kier molecular flexibility index (Phi) is 3.26. The summed E-state index contributed by atoms with van der Waals surface area (Å²) < 4.78 is 25.6. The molecule has 4 heteroatoms. The Hall–Kier alpha value is -1.65. The minimum atomic E-state index is -3.39. The number of sulfonamides is 1. The largest absolute Gasteiger partial charge is 0.240 e. The van der Waals surface area contributed by atoms with E-state index in [9.17, 15) is 8.42 Å². The fraction of sp³-hybridized carbons (Fsp3) is 0.0769. The summed E-state index contributed by atoms with van der Waals surface area (Å²) in [5.74, 6) is 0. The van der Waals surface area contributed by atoms with Gasteiger partial charge in [0.1, 0.15) is 0 Å². The van der Waals surface area contributed by atoms with E-state index in [-0.39, 0.29) is 4.90 Å². The van der Waals surface area contributed by atoms with Crippen molar-refractivity contribution in [1.29, 1.82) is 0 Å². The average Bonchev–Trinajstić information content (AvgIpc) is 2.40. The molecule has 3 nitrogen and oxygen atoms in total. The van der Waals surface area contributed by atoms with Gasteiger partial charge in [-0.25, -0.2) is 13.1 Å². The Morgan fingerprint density at radius 1 is 1.12 bits per heavy atom. The van der Waals surface area contributed by atoms with Gasteiger partial charge >= 0.3 is 0 Å². The Balaban J connectivity index is 2.50. The van der Waals surface area contributed by atoms with Gasteiger partial charge in [-0.1, -0.05) is 30.3 Å². The minimum Gasteiger partial charge on any atom is -0.214 e. The van der Waals surface area contributed by atoms with E-state index in [1.165, 1.54) is 7.05 Å². The first-order chi connectivity index (χ1) is 8.13. The van der Waals surface area contributed by atoms with Crippen molar-refractivity contribution in [2.24, 2.45) is 0 Å². The van der Waals surface area contributed by atoms with Crippen LogP contribution in [0.5, 0.6) is 0 Å². The van der Waals surface area contributed by atoms with Gasteiger partial charge in [-0.05, 0) is 42.4 Å². The molecule has 0 spiro atoms. The van der Waals surface area contributed by atoms with Crippen LogP contribution in [0.4, 0.5) is 0 Å². The summed E-state index contributed by atoms with van der Waals surface area (Å²) in [6.07, 6.45) is 0. The number of benzene rings is 2. The van der Waals surface area contributed by atoms with E-state index >= 15 is 0 Å². The highest BCUT2D eigenvalue weighted by atomic mass is 32.2.